The minimum Gasteiger partial charge on any atom is -0.497 e. The number of halogens is 1. The van der Waals surface area contributed by atoms with Crippen LogP contribution in [0.25, 0.3) is 0 Å². The number of carbonyl (C=O) groups excluding carboxylic acids is 1. The molecular weight excluding hydrogens is 302 g/mol. The molecular formula is C17H18ClNO3. The second-order valence-corrected chi connectivity index (χ2v) is 5.32. The maximum Gasteiger partial charge on any atom is 0.265 e. The Kier molecular flexibility index (Phi) is 5.28. The molecule has 1 N–H and O–H groups in total. The summed E-state index contributed by atoms with van der Waals surface area (Å²) in [4.78, 5) is 12.2. The van der Waals surface area contributed by atoms with E-state index < -0.39 is 6.10 Å². The van der Waals surface area contributed by atoms with Gasteiger partial charge in [-0.25, -0.2) is 0 Å². The van der Waals surface area contributed by atoms with E-state index in [0.717, 1.165) is 11.3 Å². The number of anilines is 1. The van der Waals surface area contributed by atoms with Gasteiger partial charge in [0.2, 0.25) is 0 Å². The van der Waals surface area contributed by atoms with Crippen molar-refractivity contribution < 1.29 is 14.3 Å². The molecule has 0 aliphatic rings. The molecule has 0 radical (unpaired) electrons. The SMILES string of the molecule is COc1ccc(OC(C)C(=O)Nc2ccc(C)cc2Cl)cc1. The largest absolute Gasteiger partial charge is 0.497 e. The Bertz CT molecular complexity index is 655. The van der Waals surface area contributed by atoms with Gasteiger partial charge in [-0.3, -0.25) is 4.79 Å². The Balaban J connectivity index is 1.99. The third kappa shape index (κ3) is 4.15. The molecule has 0 aliphatic heterocycles. The zero-order valence-electron chi connectivity index (χ0n) is 12.7. The number of aryl methyl sites for hydroxylation is 1. The van der Waals surface area contributed by atoms with Crippen LogP contribution in [0.15, 0.2) is 42.5 Å². The van der Waals surface area contributed by atoms with Crippen molar-refractivity contribution in [1.82, 2.24) is 0 Å². The molecule has 0 aliphatic carbocycles. The summed E-state index contributed by atoms with van der Waals surface area (Å²) in [5.41, 5.74) is 1.60. The summed E-state index contributed by atoms with van der Waals surface area (Å²) in [6, 6.07) is 12.5. The standard InChI is InChI=1S/C17H18ClNO3/c1-11-4-9-16(15(18)10-11)19-17(20)12(2)22-14-7-5-13(21-3)6-8-14/h4-10,12H,1-3H3,(H,19,20). The Hall–Kier alpha value is -2.20. The zero-order valence-corrected chi connectivity index (χ0v) is 13.5. The topological polar surface area (TPSA) is 47.6 Å². The fraction of sp³-hybridized carbons (Fsp3) is 0.235. The molecule has 0 spiro atoms. The van der Waals surface area contributed by atoms with Crippen LogP contribution < -0.4 is 14.8 Å². The number of carbonyl (C=O) groups is 1. The van der Waals surface area contributed by atoms with E-state index in [-0.39, 0.29) is 5.91 Å². The lowest BCUT2D eigenvalue weighted by molar-refractivity contribution is -0.122. The first-order chi connectivity index (χ1) is 10.5. The van der Waals surface area contributed by atoms with Gasteiger partial charge in [-0.1, -0.05) is 17.7 Å². The highest BCUT2D eigenvalue weighted by atomic mass is 35.5. The highest BCUT2D eigenvalue weighted by molar-refractivity contribution is 6.33. The fourth-order valence-corrected chi connectivity index (χ4v) is 2.15. The number of methoxy groups -OCH3 is 1. The molecule has 5 heteroatoms. The average Bonchev–Trinajstić information content (AvgIpc) is 2.50. The lowest BCUT2D eigenvalue weighted by atomic mass is 10.2. The number of ether oxygens (including phenoxy) is 2. The second kappa shape index (κ2) is 7.18. The lowest BCUT2D eigenvalue weighted by Gasteiger charge is -2.15. The number of hydrogen-bond acceptors (Lipinski definition) is 3. The van der Waals surface area contributed by atoms with Crippen LogP contribution in [0, 0.1) is 6.92 Å². The smallest absolute Gasteiger partial charge is 0.265 e. The molecule has 22 heavy (non-hydrogen) atoms. The van der Waals surface area contributed by atoms with Crippen molar-refractivity contribution in [2.45, 2.75) is 20.0 Å². The Morgan fingerprint density at radius 3 is 2.36 bits per heavy atom. The summed E-state index contributed by atoms with van der Waals surface area (Å²) >= 11 is 6.10. The Labute approximate surface area is 135 Å². The molecule has 116 valence electrons. The highest BCUT2D eigenvalue weighted by Gasteiger charge is 2.16. The van der Waals surface area contributed by atoms with Crippen molar-refractivity contribution in [3.05, 3.63) is 53.1 Å². The van der Waals surface area contributed by atoms with Crippen molar-refractivity contribution in [1.29, 1.82) is 0 Å². The first-order valence-electron chi connectivity index (χ1n) is 6.87. The fourth-order valence-electron chi connectivity index (χ4n) is 1.87. The van der Waals surface area contributed by atoms with Gasteiger partial charge in [0.1, 0.15) is 11.5 Å². The van der Waals surface area contributed by atoms with E-state index in [9.17, 15) is 4.79 Å². The van der Waals surface area contributed by atoms with Crippen LogP contribution in [0.1, 0.15) is 12.5 Å². The van der Waals surface area contributed by atoms with E-state index >= 15 is 0 Å². The molecule has 0 aromatic heterocycles. The number of hydrogen-bond donors (Lipinski definition) is 1. The molecule has 0 fully saturated rings. The molecule has 0 saturated carbocycles. The minimum absolute atomic E-state index is 0.262. The molecule has 2 aromatic rings. The molecule has 0 saturated heterocycles. The summed E-state index contributed by atoms with van der Waals surface area (Å²) in [6.45, 7) is 3.62. The summed E-state index contributed by atoms with van der Waals surface area (Å²) in [7, 11) is 1.59. The van der Waals surface area contributed by atoms with Crippen molar-refractivity contribution in [3.8, 4) is 11.5 Å². The van der Waals surface area contributed by atoms with Crippen molar-refractivity contribution in [2.75, 3.05) is 12.4 Å². The van der Waals surface area contributed by atoms with Gasteiger partial charge in [-0.05, 0) is 55.8 Å². The van der Waals surface area contributed by atoms with Gasteiger partial charge < -0.3 is 14.8 Å². The quantitative estimate of drug-likeness (QED) is 0.904. The number of nitrogens with one attached hydrogen (secondary N) is 1. The molecule has 1 amide bonds. The number of rotatable bonds is 5. The van der Waals surface area contributed by atoms with Gasteiger partial charge >= 0.3 is 0 Å². The van der Waals surface area contributed by atoms with Crippen molar-refractivity contribution in [3.63, 3.8) is 0 Å². The first kappa shape index (κ1) is 16.2. The van der Waals surface area contributed by atoms with E-state index in [1.54, 1.807) is 50.4 Å². The van der Waals surface area contributed by atoms with E-state index in [2.05, 4.69) is 5.32 Å². The second-order valence-electron chi connectivity index (χ2n) is 4.91. The van der Waals surface area contributed by atoms with Crippen LogP contribution in [0.4, 0.5) is 5.69 Å². The Morgan fingerprint density at radius 2 is 1.77 bits per heavy atom. The number of amides is 1. The lowest BCUT2D eigenvalue weighted by Crippen LogP contribution is -2.30. The third-order valence-corrected chi connectivity index (χ3v) is 3.44. The van der Waals surface area contributed by atoms with E-state index in [1.165, 1.54) is 0 Å². The van der Waals surface area contributed by atoms with Crippen LogP contribution in [-0.2, 0) is 4.79 Å². The molecule has 1 atom stereocenters. The van der Waals surface area contributed by atoms with Gasteiger partial charge in [-0.2, -0.15) is 0 Å². The third-order valence-electron chi connectivity index (χ3n) is 3.12. The van der Waals surface area contributed by atoms with Gasteiger partial charge in [-0.15, -0.1) is 0 Å². The van der Waals surface area contributed by atoms with E-state index in [4.69, 9.17) is 21.1 Å². The molecule has 4 nitrogen and oxygen atoms in total. The minimum atomic E-state index is -0.647. The molecule has 1 unspecified atom stereocenters. The maximum absolute atomic E-state index is 12.2. The van der Waals surface area contributed by atoms with E-state index in [0.29, 0.717) is 16.5 Å². The first-order valence-corrected chi connectivity index (χ1v) is 7.25. The van der Waals surface area contributed by atoms with Crippen molar-refractivity contribution in [2.24, 2.45) is 0 Å². The molecule has 0 bridgehead atoms. The normalized spacial score (nSPS) is 11.6. The monoisotopic (exact) mass is 319 g/mol. The molecule has 2 aromatic carbocycles. The zero-order chi connectivity index (χ0) is 16.1. The van der Waals surface area contributed by atoms with Crippen LogP contribution in [-0.4, -0.2) is 19.1 Å². The summed E-state index contributed by atoms with van der Waals surface area (Å²) in [5, 5.41) is 3.26. The van der Waals surface area contributed by atoms with Crippen LogP contribution in [0.5, 0.6) is 11.5 Å². The predicted molar refractivity (Wildman–Crippen MR) is 87.9 cm³/mol. The Morgan fingerprint density at radius 1 is 1.14 bits per heavy atom. The molecule has 2 rings (SSSR count). The predicted octanol–water partition coefficient (Wildman–Crippen LogP) is 4.06. The van der Waals surface area contributed by atoms with Crippen LogP contribution in [0.3, 0.4) is 0 Å². The summed E-state index contributed by atoms with van der Waals surface area (Å²) in [5.74, 6) is 1.07. The summed E-state index contributed by atoms with van der Waals surface area (Å²) < 4.78 is 10.7. The van der Waals surface area contributed by atoms with Gasteiger partial charge in [0.15, 0.2) is 6.10 Å². The molecule has 0 heterocycles. The van der Waals surface area contributed by atoms with Gasteiger partial charge in [0.05, 0.1) is 17.8 Å². The van der Waals surface area contributed by atoms with Gasteiger partial charge in [0, 0.05) is 0 Å². The van der Waals surface area contributed by atoms with Crippen LogP contribution in [0.2, 0.25) is 5.02 Å². The van der Waals surface area contributed by atoms with Gasteiger partial charge in [0.25, 0.3) is 5.91 Å². The number of benzene rings is 2. The summed E-state index contributed by atoms with van der Waals surface area (Å²) in [6.07, 6.45) is -0.647. The maximum atomic E-state index is 12.2. The van der Waals surface area contributed by atoms with Crippen molar-refractivity contribution >= 4 is 23.2 Å². The van der Waals surface area contributed by atoms with Crippen LogP contribution >= 0.6 is 11.6 Å². The van der Waals surface area contributed by atoms with E-state index in [1.807, 2.05) is 13.0 Å². The average molecular weight is 320 g/mol. The highest BCUT2D eigenvalue weighted by Crippen LogP contribution is 2.23.